The average molecular weight is 428 g/mol. The summed E-state index contributed by atoms with van der Waals surface area (Å²) in [5.74, 6) is -1.13. The maximum atomic E-state index is 13.0. The molecule has 1 saturated heterocycles. The number of nitrogens with zero attached hydrogens (tertiary/aromatic N) is 1. The van der Waals surface area contributed by atoms with Crippen molar-refractivity contribution < 1.29 is 19.2 Å². The molecule has 7 nitrogen and oxygen atoms in total. The first-order valence-electron chi connectivity index (χ1n) is 11.5. The number of carbonyl (C=O) groups excluding carboxylic acids is 4. The van der Waals surface area contributed by atoms with Crippen LogP contribution in [0.3, 0.4) is 0 Å². The molecule has 1 aromatic carbocycles. The Kier molecular flexibility index (Phi) is 7.82. The second-order valence-corrected chi connectivity index (χ2v) is 8.91. The van der Waals surface area contributed by atoms with Gasteiger partial charge in [0.2, 0.25) is 11.8 Å². The molecule has 0 aliphatic carbocycles. The molecule has 168 valence electrons. The van der Waals surface area contributed by atoms with Gasteiger partial charge in [-0.25, -0.2) is 0 Å². The molecule has 1 fully saturated rings. The maximum absolute atomic E-state index is 13.0. The van der Waals surface area contributed by atoms with Crippen molar-refractivity contribution in [2.45, 2.75) is 77.7 Å². The summed E-state index contributed by atoms with van der Waals surface area (Å²) in [4.78, 5) is 50.5. The predicted octanol–water partition coefficient (Wildman–Crippen LogP) is 3.89. The standard InChI is InChI=1S/C24H33N3O4/c1-16(2)10-7-5-3-4-6-8-15-25-18-12-9-11-17-21(18)24(31)27(23(17)30)19-13-14-20(28)26-22(19)29/h9,11-12,16,19,25H,3-8,10,13-15H2,1-2H3,(H,26,28,29). The molecule has 1 atom stereocenters. The SMILES string of the molecule is CC(C)CCCCCCCCNc1cccc2c1C(=O)N(C1CCC(=O)NC1=O)C2=O. The monoisotopic (exact) mass is 427 g/mol. The summed E-state index contributed by atoms with van der Waals surface area (Å²) in [5.41, 5.74) is 1.26. The zero-order valence-electron chi connectivity index (χ0n) is 18.5. The number of anilines is 1. The number of rotatable bonds is 11. The summed E-state index contributed by atoms with van der Waals surface area (Å²) in [6.45, 7) is 5.24. The van der Waals surface area contributed by atoms with Crippen molar-refractivity contribution in [3.63, 3.8) is 0 Å². The lowest BCUT2D eigenvalue weighted by molar-refractivity contribution is -0.136. The summed E-state index contributed by atoms with van der Waals surface area (Å²) in [5, 5.41) is 5.52. The highest BCUT2D eigenvalue weighted by atomic mass is 16.2. The van der Waals surface area contributed by atoms with Crippen molar-refractivity contribution in [3.05, 3.63) is 29.3 Å². The van der Waals surface area contributed by atoms with Gasteiger partial charge in [-0.15, -0.1) is 0 Å². The van der Waals surface area contributed by atoms with E-state index in [1.807, 2.05) is 0 Å². The Labute approximate surface area is 183 Å². The summed E-state index contributed by atoms with van der Waals surface area (Å²) in [7, 11) is 0. The minimum Gasteiger partial charge on any atom is -0.384 e. The van der Waals surface area contributed by atoms with Crippen LogP contribution < -0.4 is 10.6 Å². The van der Waals surface area contributed by atoms with Crippen LogP contribution in [0, 0.1) is 5.92 Å². The van der Waals surface area contributed by atoms with Gasteiger partial charge in [-0.05, 0) is 30.9 Å². The van der Waals surface area contributed by atoms with E-state index in [1.165, 1.54) is 32.1 Å². The minimum atomic E-state index is -0.936. The van der Waals surface area contributed by atoms with Crippen LogP contribution >= 0.6 is 0 Å². The third kappa shape index (κ3) is 5.51. The molecule has 2 aliphatic heterocycles. The third-order valence-electron chi connectivity index (χ3n) is 5.99. The predicted molar refractivity (Wildman–Crippen MR) is 119 cm³/mol. The van der Waals surface area contributed by atoms with Crippen LogP contribution in [-0.4, -0.2) is 41.1 Å². The smallest absolute Gasteiger partial charge is 0.264 e. The van der Waals surface area contributed by atoms with Crippen LogP contribution in [0.1, 0.15) is 92.4 Å². The van der Waals surface area contributed by atoms with Crippen molar-refractivity contribution in [2.75, 3.05) is 11.9 Å². The molecule has 1 aromatic rings. The lowest BCUT2D eigenvalue weighted by atomic mass is 10.0. The highest BCUT2D eigenvalue weighted by molar-refractivity contribution is 6.25. The first-order valence-corrected chi connectivity index (χ1v) is 11.5. The Morgan fingerprint density at radius 2 is 1.71 bits per heavy atom. The van der Waals surface area contributed by atoms with Gasteiger partial charge in [-0.2, -0.15) is 0 Å². The van der Waals surface area contributed by atoms with Gasteiger partial charge in [0, 0.05) is 18.7 Å². The Morgan fingerprint density at radius 1 is 1.00 bits per heavy atom. The molecule has 1 unspecified atom stereocenters. The van der Waals surface area contributed by atoms with Crippen molar-refractivity contribution in [1.29, 1.82) is 0 Å². The number of carbonyl (C=O) groups is 4. The van der Waals surface area contributed by atoms with Gasteiger partial charge < -0.3 is 5.32 Å². The summed E-state index contributed by atoms with van der Waals surface area (Å²) < 4.78 is 0. The fraction of sp³-hybridized carbons (Fsp3) is 0.583. The molecule has 0 aromatic heterocycles. The largest absolute Gasteiger partial charge is 0.384 e. The van der Waals surface area contributed by atoms with Crippen LogP contribution in [0.2, 0.25) is 0 Å². The average Bonchev–Trinajstić information content (AvgIpc) is 2.98. The zero-order valence-corrected chi connectivity index (χ0v) is 18.5. The highest BCUT2D eigenvalue weighted by Crippen LogP contribution is 2.32. The second-order valence-electron chi connectivity index (χ2n) is 8.91. The van der Waals surface area contributed by atoms with Gasteiger partial charge >= 0.3 is 0 Å². The maximum Gasteiger partial charge on any atom is 0.264 e. The molecule has 0 radical (unpaired) electrons. The molecule has 2 heterocycles. The van der Waals surface area contributed by atoms with E-state index in [0.717, 1.165) is 30.2 Å². The topological polar surface area (TPSA) is 95.6 Å². The second kappa shape index (κ2) is 10.6. The molecule has 2 N–H and O–H groups in total. The zero-order chi connectivity index (χ0) is 22.4. The van der Waals surface area contributed by atoms with Crippen LogP contribution in [0.5, 0.6) is 0 Å². The first kappa shape index (κ1) is 23.0. The first-order chi connectivity index (χ1) is 14.9. The normalized spacial score (nSPS) is 18.5. The van der Waals surface area contributed by atoms with Crippen LogP contribution in [0.15, 0.2) is 18.2 Å². The van der Waals surface area contributed by atoms with E-state index in [4.69, 9.17) is 0 Å². The number of fused-ring (bicyclic) bond motifs is 1. The minimum absolute atomic E-state index is 0.117. The van der Waals surface area contributed by atoms with Gasteiger partial charge in [-0.1, -0.05) is 58.4 Å². The number of hydrogen-bond donors (Lipinski definition) is 2. The molecule has 2 aliphatic rings. The number of hydrogen-bond acceptors (Lipinski definition) is 5. The van der Waals surface area contributed by atoms with Crippen molar-refractivity contribution in [2.24, 2.45) is 5.92 Å². The van der Waals surface area contributed by atoms with Gasteiger partial charge in [0.05, 0.1) is 11.1 Å². The van der Waals surface area contributed by atoms with E-state index in [-0.39, 0.29) is 18.7 Å². The third-order valence-corrected chi connectivity index (χ3v) is 5.99. The van der Waals surface area contributed by atoms with Crippen molar-refractivity contribution in [1.82, 2.24) is 10.2 Å². The Hall–Kier alpha value is -2.70. The summed E-state index contributed by atoms with van der Waals surface area (Å²) in [6, 6.07) is 4.22. The van der Waals surface area contributed by atoms with E-state index in [2.05, 4.69) is 24.5 Å². The van der Waals surface area contributed by atoms with E-state index in [9.17, 15) is 19.2 Å². The number of piperidine rings is 1. The molecule has 0 bridgehead atoms. The van der Waals surface area contributed by atoms with Gasteiger partial charge in [0.15, 0.2) is 0 Å². The lowest BCUT2D eigenvalue weighted by Gasteiger charge is -2.27. The number of imide groups is 2. The highest BCUT2D eigenvalue weighted by Gasteiger charge is 2.45. The summed E-state index contributed by atoms with van der Waals surface area (Å²) in [6.07, 6.45) is 8.72. The molecule has 0 saturated carbocycles. The van der Waals surface area contributed by atoms with E-state index in [1.54, 1.807) is 18.2 Å². The molecule has 7 heteroatoms. The van der Waals surface area contributed by atoms with Crippen LogP contribution in [0.4, 0.5) is 5.69 Å². The van der Waals surface area contributed by atoms with Crippen LogP contribution in [-0.2, 0) is 9.59 Å². The van der Waals surface area contributed by atoms with E-state index < -0.39 is 23.8 Å². The Balaban J connectivity index is 1.52. The Bertz CT molecular complexity index is 849. The molecular weight excluding hydrogens is 394 g/mol. The fourth-order valence-electron chi connectivity index (χ4n) is 4.27. The molecule has 0 spiro atoms. The van der Waals surface area contributed by atoms with Crippen molar-refractivity contribution in [3.8, 4) is 0 Å². The quantitative estimate of drug-likeness (QED) is 0.413. The number of amides is 4. The van der Waals surface area contributed by atoms with E-state index in [0.29, 0.717) is 16.8 Å². The van der Waals surface area contributed by atoms with Crippen LogP contribution in [0.25, 0.3) is 0 Å². The molecule has 31 heavy (non-hydrogen) atoms. The molecule has 3 rings (SSSR count). The van der Waals surface area contributed by atoms with Gasteiger partial charge in [-0.3, -0.25) is 29.4 Å². The number of benzene rings is 1. The van der Waals surface area contributed by atoms with Gasteiger partial charge in [0.1, 0.15) is 6.04 Å². The lowest BCUT2D eigenvalue weighted by Crippen LogP contribution is -2.54. The number of unbranched alkanes of at least 4 members (excludes halogenated alkanes) is 5. The van der Waals surface area contributed by atoms with Crippen molar-refractivity contribution >= 4 is 29.3 Å². The molecular formula is C24H33N3O4. The molecule has 4 amide bonds. The number of nitrogens with one attached hydrogen (secondary N) is 2. The van der Waals surface area contributed by atoms with E-state index >= 15 is 0 Å². The summed E-state index contributed by atoms with van der Waals surface area (Å²) >= 11 is 0. The Morgan fingerprint density at radius 3 is 2.42 bits per heavy atom. The van der Waals surface area contributed by atoms with Gasteiger partial charge in [0.25, 0.3) is 11.8 Å². The fourth-order valence-corrected chi connectivity index (χ4v) is 4.27.